The molecule has 2 aliphatic heterocycles. The number of nitrogens with zero attached hydrogens (tertiary/aromatic N) is 3. The summed E-state index contributed by atoms with van der Waals surface area (Å²) in [6.45, 7) is 1.89. The highest BCUT2D eigenvalue weighted by atomic mass is 35.5. The summed E-state index contributed by atoms with van der Waals surface area (Å²) < 4.78 is 14.1. The lowest BCUT2D eigenvalue weighted by Gasteiger charge is -2.37. The van der Waals surface area contributed by atoms with Crippen LogP contribution in [-0.2, 0) is 16.0 Å². The van der Waals surface area contributed by atoms with Gasteiger partial charge in [-0.1, -0.05) is 41.9 Å². The van der Waals surface area contributed by atoms with Crippen LogP contribution < -0.4 is 0 Å². The van der Waals surface area contributed by atoms with E-state index in [0.29, 0.717) is 44.2 Å². The van der Waals surface area contributed by atoms with Gasteiger partial charge >= 0.3 is 0 Å². The number of hydrogen-bond acceptors (Lipinski definition) is 3. The number of rotatable bonds is 4. The maximum Gasteiger partial charge on any atom is 0.257 e. The summed E-state index contributed by atoms with van der Waals surface area (Å²) >= 11 is 5.90. The number of piperazine rings is 1. The van der Waals surface area contributed by atoms with Crippen molar-refractivity contribution in [2.45, 2.75) is 25.3 Å². The predicted octanol–water partition coefficient (Wildman–Crippen LogP) is 3.00. The SMILES string of the molecule is O=C(c1cc(Cl)ccc1F)N1CCN(C(=O)C2CCCN2C(=O)Cc2ccccc2)CC1. The van der Waals surface area contributed by atoms with Gasteiger partial charge in [0.2, 0.25) is 11.8 Å². The van der Waals surface area contributed by atoms with Crippen molar-refractivity contribution in [3.05, 3.63) is 70.5 Å². The van der Waals surface area contributed by atoms with Crippen LogP contribution >= 0.6 is 11.6 Å². The van der Waals surface area contributed by atoms with Crippen LogP contribution in [0.1, 0.15) is 28.8 Å². The molecular weight excluding hydrogens is 433 g/mol. The van der Waals surface area contributed by atoms with Crippen molar-refractivity contribution >= 4 is 29.3 Å². The molecule has 3 amide bonds. The van der Waals surface area contributed by atoms with Crippen LogP contribution in [0.3, 0.4) is 0 Å². The van der Waals surface area contributed by atoms with E-state index in [4.69, 9.17) is 11.6 Å². The number of hydrogen-bond donors (Lipinski definition) is 0. The zero-order chi connectivity index (χ0) is 22.7. The first-order valence-electron chi connectivity index (χ1n) is 10.8. The van der Waals surface area contributed by atoms with Gasteiger partial charge in [0.25, 0.3) is 5.91 Å². The topological polar surface area (TPSA) is 60.9 Å². The van der Waals surface area contributed by atoms with Gasteiger partial charge in [-0.2, -0.15) is 0 Å². The Labute approximate surface area is 191 Å². The Kier molecular flexibility index (Phi) is 6.74. The summed E-state index contributed by atoms with van der Waals surface area (Å²) in [6.07, 6.45) is 1.72. The molecule has 2 aliphatic rings. The van der Waals surface area contributed by atoms with E-state index in [2.05, 4.69) is 0 Å². The molecule has 2 fully saturated rings. The molecular formula is C24H25ClFN3O3. The predicted molar refractivity (Wildman–Crippen MR) is 119 cm³/mol. The van der Waals surface area contributed by atoms with Gasteiger partial charge in [0, 0.05) is 37.7 Å². The van der Waals surface area contributed by atoms with Crippen LogP contribution in [0.25, 0.3) is 0 Å². The second-order valence-electron chi connectivity index (χ2n) is 8.15. The summed E-state index contributed by atoms with van der Waals surface area (Å²) in [4.78, 5) is 43.6. The van der Waals surface area contributed by atoms with Crippen molar-refractivity contribution in [2.24, 2.45) is 0 Å². The van der Waals surface area contributed by atoms with Crippen LogP contribution in [0.2, 0.25) is 5.02 Å². The van der Waals surface area contributed by atoms with E-state index in [-0.39, 0.29) is 23.8 Å². The molecule has 2 saturated heterocycles. The first-order chi connectivity index (χ1) is 15.4. The summed E-state index contributed by atoms with van der Waals surface area (Å²) in [5.41, 5.74) is 0.863. The third kappa shape index (κ3) is 4.78. The fourth-order valence-corrected chi connectivity index (χ4v) is 4.54. The number of amides is 3. The van der Waals surface area contributed by atoms with Crippen LogP contribution in [0.4, 0.5) is 4.39 Å². The molecule has 2 heterocycles. The summed E-state index contributed by atoms with van der Waals surface area (Å²) in [6, 6.07) is 12.9. The number of halogens is 2. The molecule has 2 aromatic rings. The zero-order valence-electron chi connectivity index (χ0n) is 17.7. The minimum Gasteiger partial charge on any atom is -0.337 e. The van der Waals surface area contributed by atoms with Crippen molar-refractivity contribution in [3.8, 4) is 0 Å². The maximum atomic E-state index is 14.1. The summed E-state index contributed by atoms with van der Waals surface area (Å²) in [5.74, 6) is -1.17. The number of benzene rings is 2. The monoisotopic (exact) mass is 457 g/mol. The molecule has 1 atom stereocenters. The highest BCUT2D eigenvalue weighted by molar-refractivity contribution is 6.31. The van der Waals surface area contributed by atoms with E-state index < -0.39 is 17.8 Å². The van der Waals surface area contributed by atoms with Crippen molar-refractivity contribution < 1.29 is 18.8 Å². The Balaban J connectivity index is 1.36. The summed E-state index contributed by atoms with van der Waals surface area (Å²) in [5, 5.41) is 0.296. The Morgan fingerprint density at radius 1 is 0.938 bits per heavy atom. The van der Waals surface area contributed by atoms with E-state index in [9.17, 15) is 18.8 Å². The molecule has 0 aliphatic carbocycles. The molecule has 1 unspecified atom stereocenters. The third-order valence-electron chi connectivity index (χ3n) is 6.09. The Morgan fingerprint density at radius 2 is 1.62 bits per heavy atom. The minimum absolute atomic E-state index is 0.0442. The van der Waals surface area contributed by atoms with E-state index >= 15 is 0 Å². The minimum atomic E-state index is -0.614. The van der Waals surface area contributed by atoms with Crippen molar-refractivity contribution in [1.29, 1.82) is 0 Å². The molecule has 168 valence electrons. The standard InChI is InChI=1S/C24H25ClFN3O3/c25-18-8-9-20(26)19(16-18)23(31)27-11-13-28(14-12-27)24(32)21-7-4-10-29(21)22(30)15-17-5-2-1-3-6-17/h1-3,5-6,8-9,16,21H,4,7,10-15H2. The second-order valence-corrected chi connectivity index (χ2v) is 8.59. The van der Waals surface area contributed by atoms with Gasteiger partial charge in [0.1, 0.15) is 11.9 Å². The molecule has 0 N–H and O–H groups in total. The van der Waals surface area contributed by atoms with Gasteiger partial charge in [-0.15, -0.1) is 0 Å². The van der Waals surface area contributed by atoms with E-state index in [0.717, 1.165) is 12.0 Å². The molecule has 0 bridgehead atoms. The van der Waals surface area contributed by atoms with Gasteiger partial charge in [0.15, 0.2) is 0 Å². The molecule has 0 radical (unpaired) electrons. The lowest BCUT2D eigenvalue weighted by atomic mass is 10.1. The Hall–Kier alpha value is -2.93. The Bertz CT molecular complexity index is 1010. The largest absolute Gasteiger partial charge is 0.337 e. The van der Waals surface area contributed by atoms with E-state index in [1.54, 1.807) is 9.80 Å². The number of carbonyl (C=O) groups excluding carboxylic acids is 3. The van der Waals surface area contributed by atoms with Gasteiger partial charge in [-0.3, -0.25) is 14.4 Å². The molecule has 4 rings (SSSR count). The van der Waals surface area contributed by atoms with Gasteiger partial charge < -0.3 is 14.7 Å². The van der Waals surface area contributed by atoms with E-state index in [1.807, 2.05) is 30.3 Å². The van der Waals surface area contributed by atoms with Crippen molar-refractivity contribution in [2.75, 3.05) is 32.7 Å². The molecule has 8 heteroatoms. The van der Waals surface area contributed by atoms with Gasteiger partial charge in [-0.05, 0) is 36.6 Å². The van der Waals surface area contributed by atoms with E-state index in [1.165, 1.54) is 23.1 Å². The average molecular weight is 458 g/mol. The highest BCUT2D eigenvalue weighted by Crippen LogP contribution is 2.22. The fourth-order valence-electron chi connectivity index (χ4n) is 4.37. The average Bonchev–Trinajstić information content (AvgIpc) is 3.31. The van der Waals surface area contributed by atoms with Crippen molar-refractivity contribution in [3.63, 3.8) is 0 Å². The molecule has 0 saturated carbocycles. The van der Waals surface area contributed by atoms with Crippen LogP contribution in [0, 0.1) is 5.82 Å². The first-order valence-corrected chi connectivity index (χ1v) is 11.2. The maximum absolute atomic E-state index is 14.1. The molecule has 0 aromatic heterocycles. The highest BCUT2D eigenvalue weighted by Gasteiger charge is 2.37. The quantitative estimate of drug-likeness (QED) is 0.709. The fraction of sp³-hybridized carbons (Fsp3) is 0.375. The van der Waals surface area contributed by atoms with Crippen molar-refractivity contribution in [1.82, 2.24) is 14.7 Å². The lowest BCUT2D eigenvalue weighted by molar-refractivity contribution is -0.144. The molecule has 6 nitrogen and oxygen atoms in total. The molecule has 32 heavy (non-hydrogen) atoms. The smallest absolute Gasteiger partial charge is 0.257 e. The second kappa shape index (κ2) is 9.69. The summed E-state index contributed by atoms with van der Waals surface area (Å²) in [7, 11) is 0. The molecule has 2 aromatic carbocycles. The number of carbonyl (C=O) groups is 3. The zero-order valence-corrected chi connectivity index (χ0v) is 18.4. The first kappa shape index (κ1) is 22.3. The van der Waals surface area contributed by atoms with Crippen LogP contribution in [0.15, 0.2) is 48.5 Å². The normalized spacial score (nSPS) is 18.7. The van der Waals surface area contributed by atoms with Gasteiger partial charge in [0.05, 0.1) is 12.0 Å². The third-order valence-corrected chi connectivity index (χ3v) is 6.33. The lowest BCUT2D eigenvalue weighted by Crippen LogP contribution is -2.55. The van der Waals surface area contributed by atoms with Crippen LogP contribution in [0.5, 0.6) is 0 Å². The van der Waals surface area contributed by atoms with Gasteiger partial charge in [-0.25, -0.2) is 4.39 Å². The number of likely N-dealkylation sites (tertiary alicyclic amines) is 1. The molecule has 0 spiro atoms. The Morgan fingerprint density at radius 3 is 2.34 bits per heavy atom. The van der Waals surface area contributed by atoms with Crippen LogP contribution in [-0.4, -0.2) is 71.2 Å².